The summed E-state index contributed by atoms with van der Waals surface area (Å²) in [5.74, 6) is 1.99. The highest BCUT2D eigenvalue weighted by atomic mass is 32.2. The largest absolute Gasteiger partial charge is 0.458 e. The highest BCUT2D eigenvalue weighted by molar-refractivity contribution is 7.99. The van der Waals surface area contributed by atoms with E-state index < -0.39 is 0 Å². The molecule has 1 unspecified atom stereocenters. The maximum atomic E-state index is 12.1. The van der Waals surface area contributed by atoms with Crippen LogP contribution in [0, 0.1) is 0 Å². The minimum atomic E-state index is -0.287. The molecule has 3 rings (SSSR count). The molecule has 0 bridgehead atoms. The van der Waals surface area contributed by atoms with Gasteiger partial charge in [0.05, 0.1) is 17.9 Å². The van der Waals surface area contributed by atoms with Crippen molar-refractivity contribution in [2.24, 2.45) is 0 Å². The molecule has 20 heavy (non-hydrogen) atoms. The summed E-state index contributed by atoms with van der Waals surface area (Å²) < 4.78 is 11.7. The van der Waals surface area contributed by atoms with Crippen LogP contribution < -0.4 is 5.73 Å². The van der Waals surface area contributed by atoms with Crippen LogP contribution >= 0.6 is 23.1 Å². The molecule has 6 heteroatoms. The standard InChI is InChI=1S/C14H19NO3S2/c15-11-2-6-20-12(11)13(16)18-10-1-5-17-14(9-10)3-7-19-8-4-14/h2,6,10H,1,3-5,7-9,15H2. The van der Waals surface area contributed by atoms with Gasteiger partial charge >= 0.3 is 5.97 Å². The van der Waals surface area contributed by atoms with Crippen LogP contribution in [0.25, 0.3) is 0 Å². The summed E-state index contributed by atoms with van der Waals surface area (Å²) in [6, 6.07) is 1.74. The van der Waals surface area contributed by atoms with Crippen LogP contribution in [0.3, 0.4) is 0 Å². The second-order valence-electron chi connectivity index (χ2n) is 5.37. The van der Waals surface area contributed by atoms with Crippen molar-refractivity contribution in [1.29, 1.82) is 0 Å². The van der Waals surface area contributed by atoms with E-state index in [0.29, 0.717) is 17.2 Å². The third-order valence-corrected chi connectivity index (χ3v) is 5.90. The number of thiophene rings is 1. The maximum absolute atomic E-state index is 12.1. The van der Waals surface area contributed by atoms with Crippen LogP contribution in [0.5, 0.6) is 0 Å². The molecule has 0 saturated carbocycles. The van der Waals surface area contributed by atoms with Crippen molar-refractivity contribution in [2.45, 2.75) is 37.4 Å². The van der Waals surface area contributed by atoms with E-state index in [4.69, 9.17) is 15.2 Å². The van der Waals surface area contributed by atoms with E-state index in [9.17, 15) is 4.79 Å². The Balaban J connectivity index is 1.63. The number of rotatable bonds is 2. The van der Waals surface area contributed by atoms with Crippen molar-refractivity contribution in [2.75, 3.05) is 23.8 Å². The fourth-order valence-corrected chi connectivity index (χ4v) is 4.80. The molecule has 2 aliphatic heterocycles. The Hall–Kier alpha value is -0.720. The number of ether oxygens (including phenoxy) is 2. The smallest absolute Gasteiger partial charge is 0.350 e. The number of carbonyl (C=O) groups is 1. The molecule has 3 heterocycles. The van der Waals surface area contributed by atoms with Crippen molar-refractivity contribution in [3.8, 4) is 0 Å². The number of thioether (sulfide) groups is 1. The fourth-order valence-electron chi connectivity index (χ4n) is 2.87. The predicted molar refractivity (Wildman–Crippen MR) is 82.4 cm³/mol. The monoisotopic (exact) mass is 313 g/mol. The maximum Gasteiger partial charge on any atom is 0.350 e. The van der Waals surface area contributed by atoms with E-state index in [0.717, 1.165) is 37.2 Å². The quantitative estimate of drug-likeness (QED) is 0.851. The fraction of sp³-hybridized carbons (Fsp3) is 0.643. The first kappa shape index (κ1) is 14.2. The Bertz CT molecular complexity index is 477. The average Bonchev–Trinajstić information content (AvgIpc) is 2.86. The van der Waals surface area contributed by atoms with Gasteiger partial charge in [-0.05, 0) is 35.8 Å². The first-order valence-electron chi connectivity index (χ1n) is 6.94. The summed E-state index contributed by atoms with van der Waals surface area (Å²) in [6.45, 7) is 0.683. The number of nitrogen functional groups attached to an aromatic ring is 1. The average molecular weight is 313 g/mol. The normalized spacial score (nSPS) is 25.5. The van der Waals surface area contributed by atoms with Gasteiger partial charge in [0.15, 0.2) is 0 Å². The molecule has 2 aliphatic rings. The van der Waals surface area contributed by atoms with E-state index >= 15 is 0 Å². The SMILES string of the molecule is Nc1ccsc1C(=O)OC1CCOC2(CCSCC2)C1. The van der Waals surface area contributed by atoms with E-state index in [1.54, 1.807) is 6.07 Å². The van der Waals surface area contributed by atoms with Gasteiger partial charge in [-0.2, -0.15) is 11.8 Å². The lowest BCUT2D eigenvalue weighted by atomic mass is 9.86. The van der Waals surface area contributed by atoms with Crippen LogP contribution in [-0.2, 0) is 9.47 Å². The van der Waals surface area contributed by atoms with Crippen LogP contribution in [-0.4, -0.2) is 35.8 Å². The van der Waals surface area contributed by atoms with Gasteiger partial charge in [-0.25, -0.2) is 4.79 Å². The molecule has 2 N–H and O–H groups in total. The molecule has 0 amide bonds. The van der Waals surface area contributed by atoms with Crippen LogP contribution in [0.4, 0.5) is 5.69 Å². The molecule has 1 aromatic rings. The van der Waals surface area contributed by atoms with Gasteiger partial charge in [0.2, 0.25) is 0 Å². The first-order chi connectivity index (χ1) is 9.69. The van der Waals surface area contributed by atoms with Gasteiger partial charge in [-0.3, -0.25) is 0 Å². The summed E-state index contributed by atoms with van der Waals surface area (Å²) in [5, 5.41) is 1.82. The topological polar surface area (TPSA) is 61.6 Å². The highest BCUT2D eigenvalue weighted by Crippen LogP contribution is 2.38. The first-order valence-corrected chi connectivity index (χ1v) is 8.98. The van der Waals surface area contributed by atoms with Crippen LogP contribution in [0.1, 0.15) is 35.4 Å². The van der Waals surface area contributed by atoms with Crippen molar-refractivity contribution in [3.63, 3.8) is 0 Å². The molecular weight excluding hydrogens is 294 g/mol. The molecule has 2 saturated heterocycles. The van der Waals surface area contributed by atoms with Crippen LogP contribution in [0.2, 0.25) is 0 Å². The lowest BCUT2D eigenvalue weighted by Crippen LogP contribution is -2.45. The number of hydrogen-bond donors (Lipinski definition) is 1. The van der Waals surface area contributed by atoms with E-state index in [2.05, 4.69) is 0 Å². The second kappa shape index (κ2) is 5.95. The Morgan fingerprint density at radius 3 is 2.95 bits per heavy atom. The minimum absolute atomic E-state index is 0.0409. The van der Waals surface area contributed by atoms with Gasteiger partial charge in [0.1, 0.15) is 11.0 Å². The summed E-state index contributed by atoms with van der Waals surface area (Å²) in [4.78, 5) is 12.6. The second-order valence-corrected chi connectivity index (χ2v) is 7.51. The zero-order valence-corrected chi connectivity index (χ0v) is 12.9. The number of nitrogens with two attached hydrogens (primary N) is 1. The van der Waals surface area contributed by atoms with Crippen molar-refractivity contribution in [3.05, 3.63) is 16.3 Å². The van der Waals surface area contributed by atoms with E-state index in [1.807, 2.05) is 17.1 Å². The number of anilines is 1. The molecule has 2 fully saturated rings. The molecule has 0 aliphatic carbocycles. The molecule has 1 spiro atoms. The molecule has 1 atom stereocenters. The summed E-state index contributed by atoms with van der Waals surface area (Å²) in [5.41, 5.74) is 6.21. The Labute approximate surface area is 127 Å². The van der Waals surface area contributed by atoms with Gasteiger partial charge in [0, 0.05) is 12.8 Å². The van der Waals surface area contributed by atoms with Gasteiger partial charge in [-0.1, -0.05) is 0 Å². The molecule has 0 aromatic carbocycles. The molecule has 4 nitrogen and oxygen atoms in total. The Morgan fingerprint density at radius 1 is 1.45 bits per heavy atom. The van der Waals surface area contributed by atoms with Gasteiger partial charge in [-0.15, -0.1) is 11.3 Å². The van der Waals surface area contributed by atoms with Gasteiger partial charge in [0.25, 0.3) is 0 Å². The zero-order chi connectivity index (χ0) is 14.0. The Kier molecular flexibility index (Phi) is 4.23. The third-order valence-electron chi connectivity index (χ3n) is 4.01. The van der Waals surface area contributed by atoms with Crippen molar-refractivity contribution >= 4 is 34.8 Å². The predicted octanol–water partition coefficient (Wildman–Crippen LogP) is 2.93. The summed E-state index contributed by atoms with van der Waals surface area (Å²) >= 11 is 3.31. The minimum Gasteiger partial charge on any atom is -0.458 e. The molecule has 110 valence electrons. The summed E-state index contributed by atoms with van der Waals surface area (Å²) in [7, 11) is 0. The van der Waals surface area contributed by atoms with Gasteiger partial charge < -0.3 is 15.2 Å². The third kappa shape index (κ3) is 2.97. The molecule has 1 aromatic heterocycles. The lowest BCUT2D eigenvalue weighted by Gasteiger charge is -2.42. The van der Waals surface area contributed by atoms with Crippen molar-refractivity contribution in [1.82, 2.24) is 0 Å². The van der Waals surface area contributed by atoms with E-state index in [1.165, 1.54) is 11.3 Å². The van der Waals surface area contributed by atoms with Crippen LogP contribution in [0.15, 0.2) is 11.4 Å². The Morgan fingerprint density at radius 2 is 2.25 bits per heavy atom. The highest BCUT2D eigenvalue weighted by Gasteiger charge is 2.40. The summed E-state index contributed by atoms with van der Waals surface area (Å²) in [6.07, 6.45) is 3.69. The van der Waals surface area contributed by atoms with Crippen molar-refractivity contribution < 1.29 is 14.3 Å². The zero-order valence-electron chi connectivity index (χ0n) is 11.3. The lowest BCUT2D eigenvalue weighted by molar-refractivity contribution is -0.124. The molecular formula is C14H19NO3S2. The molecule has 0 radical (unpaired) electrons. The number of hydrogen-bond acceptors (Lipinski definition) is 6. The number of esters is 1. The number of carbonyl (C=O) groups excluding carboxylic acids is 1. The van der Waals surface area contributed by atoms with E-state index in [-0.39, 0.29) is 17.7 Å².